The molecule has 0 atom stereocenters. The van der Waals surface area contributed by atoms with Crippen molar-refractivity contribution in [3.63, 3.8) is 0 Å². The largest absolute Gasteiger partial charge is 0.484 e. The van der Waals surface area contributed by atoms with Crippen LogP contribution in [0, 0.1) is 5.82 Å². The summed E-state index contributed by atoms with van der Waals surface area (Å²) >= 11 is 0. The van der Waals surface area contributed by atoms with E-state index in [2.05, 4.69) is 5.32 Å². The Kier molecular flexibility index (Phi) is 4.77. The Morgan fingerprint density at radius 3 is 2.52 bits per heavy atom. The molecule has 0 aromatic heterocycles. The monoisotopic (exact) mass is 288 g/mol. The van der Waals surface area contributed by atoms with Crippen molar-refractivity contribution in [3.05, 3.63) is 54.3 Å². The van der Waals surface area contributed by atoms with Gasteiger partial charge in [-0.2, -0.15) is 0 Å². The highest BCUT2D eigenvalue weighted by molar-refractivity contribution is 5.92. The first kappa shape index (κ1) is 14.8. The predicted molar refractivity (Wildman–Crippen MR) is 81.3 cm³/mol. The highest BCUT2D eigenvalue weighted by Crippen LogP contribution is 2.16. The van der Waals surface area contributed by atoms with Crippen LogP contribution in [0.3, 0.4) is 0 Å². The summed E-state index contributed by atoms with van der Waals surface area (Å²) in [6.45, 7) is -0.168. The first-order chi connectivity index (χ1) is 10.0. The van der Waals surface area contributed by atoms with Crippen LogP contribution in [0.25, 0.3) is 0 Å². The number of ether oxygens (including phenoxy) is 1. The Balaban J connectivity index is 1.87. The number of rotatable bonds is 5. The van der Waals surface area contributed by atoms with E-state index in [1.165, 1.54) is 18.2 Å². The standard InChI is InChI=1S/C16H17FN2O2/c1-19(2)14-8-6-13(7-9-14)18-16(20)11-21-15-5-3-4-12(17)10-15/h3-10H,11H2,1-2H3,(H,18,20). The second-order valence-corrected chi connectivity index (χ2v) is 4.74. The highest BCUT2D eigenvalue weighted by atomic mass is 19.1. The normalized spacial score (nSPS) is 10.0. The molecule has 0 aliphatic rings. The van der Waals surface area contributed by atoms with Crippen LogP contribution >= 0.6 is 0 Å². The van der Waals surface area contributed by atoms with E-state index in [4.69, 9.17) is 4.74 Å². The number of nitrogens with one attached hydrogen (secondary N) is 1. The van der Waals surface area contributed by atoms with E-state index in [-0.39, 0.29) is 12.5 Å². The van der Waals surface area contributed by atoms with E-state index in [0.717, 1.165) is 5.69 Å². The second kappa shape index (κ2) is 6.74. The Hall–Kier alpha value is -2.56. The predicted octanol–water partition coefficient (Wildman–Crippen LogP) is 2.91. The fourth-order valence-corrected chi connectivity index (χ4v) is 1.75. The van der Waals surface area contributed by atoms with E-state index < -0.39 is 5.82 Å². The summed E-state index contributed by atoms with van der Waals surface area (Å²) in [7, 11) is 3.89. The summed E-state index contributed by atoms with van der Waals surface area (Å²) in [5, 5.41) is 2.72. The van der Waals surface area contributed by atoms with Crippen molar-refractivity contribution in [1.29, 1.82) is 0 Å². The topological polar surface area (TPSA) is 41.6 Å². The quantitative estimate of drug-likeness (QED) is 0.919. The summed E-state index contributed by atoms with van der Waals surface area (Å²) in [4.78, 5) is 13.7. The zero-order valence-electron chi connectivity index (χ0n) is 12.0. The average Bonchev–Trinajstić information content (AvgIpc) is 2.46. The molecule has 0 saturated carbocycles. The molecule has 21 heavy (non-hydrogen) atoms. The second-order valence-electron chi connectivity index (χ2n) is 4.74. The van der Waals surface area contributed by atoms with Gasteiger partial charge in [-0.15, -0.1) is 0 Å². The van der Waals surface area contributed by atoms with Crippen LogP contribution in [0.1, 0.15) is 0 Å². The van der Waals surface area contributed by atoms with Crippen LogP contribution in [0.5, 0.6) is 5.75 Å². The molecule has 1 amide bonds. The van der Waals surface area contributed by atoms with Crippen LogP contribution < -0.4 is 15.0 Å². The van der Waals surface area contributed by atoms with Crippen LogP contribution in [-0.2, 0) is 4.79 Å². The molecular formula is C16H17FN2O2. The third-order valence-corrected chi connectivity index (χ3v) is 2.83. The maximum atomic E-state index is 13.0. The van der Waals surface area contributed by atoms with Crippen LogP contribution in [-0.4, -0.2) is 26.6 Å². The maximum Gasteiger partial charge on any atom is 0.262 e. The summed E-state index contributed by atoms with van der Waals surface area (Å²) < 4.78 is 18.2. The van der Waals surface area contributed by atoms with Crippen molar-refractivity contribution in [2.75, 3.05) is 30.9 Å². The number of benzene rings is 2. The SMILES string of the molecule is CN(C)c1ccc(NC(=O)COc2cccc(F)c2)cc1. The van der Waals surface area contributed by atoms with E-state index in [1.807, 2.05) is 43.3 Å². The van der Waals surface area contributed by atoms with Crippen LogP contribution in [0.15, 0.2) is 48.5 Å². The molecule has 0 saturated heterocycles. The molecule has 2 rings (SSSR count). The summed E-state index contributed by atoms with van der Waals surface area (Å²) in [5.41, 5.74) is 1.73. The molecule has 2 aromatic rings. The van der Waals surface area contributed by atoms with Crippen molar-refractivity contribution in [2.24, 2.45) is 0 Å². The van der Waals surface area contributed by atoms with Crippen molar-refractivity contribution >= 4 is 17.3 Å². The van der Waals surface area contributed by atoms with Crippen molar-refractivity contribution in [2.45, 2.75) is 0 Å². The van der Waals surface area contributed by atoms with Gasteiger partial charge in [-0.1, -0.05) is 6.07 Å². The minimum atomic E-state index is -0.396. The van der Waals surface area contributed by atoms with Crippen molar-refractivity contribution in [1.82, 2.24) is 0 Å². The number of amides is 1. The Morgan fingerprint density at radius 1 is 1.19 bits per heavy atom. The lowest BCUT2D eigenvalue weighted by atomic mass is 10.2. The van der Waals surface area contributed by atoms with E-state index in [1.54, 1.807) is 6.07 Å². The molecule has 0 aliphatic carbocycles. The van der Waals surface area contributed by atoms with Gasteiger partial charge in [0.1, 0.15) is 11.6 Å². The van der Waals surface area contributed by atoms with Gasteiger partial charge in [-0.05, 0) is 36.4 Å². The molecule has 0 bridgehead atoms. The van der Waals surface area contributed by atoms with Gasteiger partial charge in [0, 0.05) is 31.5 Å². The van der Waals surface area contributed by atoms with E-state index in [9.17, 15) is 9.18 Å². The number of halogens is 1. The molecule has 2 aromatic carbocycles. The summed E-state index contributed by atoms with van der Waals surface area (Å²) in [6.07, 6.45) is 0. The average molecular weight is 288 g/mol. The fourth-order valence-electron chi connectivity index (χ4n) is 1.75. The number of hydrogen-bond acceptors (Lipinski definition) is 3. The lowest BCUT2D eigenvalue weighted by Crippen LogP contribution is -2.20. The molecule has 1 N–H and O–H groups in total. The first-order valence-electron chi connectivity index (χ1n) is 6.50. The maximum absolute atomic E-state index is 13.0. The summed E-state index contributed by atoms with van der Waals surface area (Å²) in [5.74, 6) is -0.364. The molecule has 0 aliphatic heterocycles. The van der Waals surface area contributed by atoms with Gasteiger partial charge in [-0.3, -0.25) is 4.79 Å². The molecule has 0 fully saturated rings. The lowest BCUT2D eigenvalue weighted by molar-refractivity contribution is -0.118. The number of carbonyl (C=O) groups excluding carboxylic acids is 1. The molecule has 0 heterocycles. The fraction of sp³-hybridized carbons (Fsp3) is 0.188. The highest BCUT2D eigenvalue weighted by Gasteiger charge is 2.05. The van der Waals surface area contributed by atoms with Gasteiger partial charge in [0.05, 0.1) is 0 Å². The van der Waals surface area contributed by atoms with Crippen molar-refractivity contribution in [3.8, 4) is 5.75 Å². The Bertz CT molecular complexity index is 612. The van der Waals surface area contributed by atoms with Gasteiger partial charge in [0.25, 0.3) is 5.91 Å². The first-order valence-corrected chi connectivity index (χ1v) is 6.50. The number of anilines is 2. The third-order valence-electron chi connectivity index (χ3n) is 2.83. The van der Waals surface area contributed by atoms with Crippen molar-refractivity contribution < 1.29 is 13.9 Å². The molecule has 0 spiro atoms. The van der Waals surface area contributed by atoms with Gasteiger partial charge in [-0.25, -0.2) is 4.39 Å². The zero-order chi connectivity index (χ0) is 15.2. The Morgan fingerprint density at radius 2 is 1.90 bits per heavy atom. The number of nitrogens with zero attached hydrogens (tertiary/aromatic N) is 1. The van der Waals surface area contributed by atoms with Gasteiger partial charge >= 0.3 is 0 Å². The minimum absolute atomic E-state index is 0.168. The smallest absolute Gasteiger partial charge is 0.262 e. The molecule has 4 nitrogen and oxygen atoms in total. The number of carbonyl (C=O) groups is 1. The Labute approximate surface area is 123 Å². The van der Waals surface area contributed by atoms with Gasteiger partial charge < -0.3 is 15.0 Å². The number of hydrogen-bond donors (Lipinski definition) is 1. The van der Waals surface area contributed by atoms with Gasteiger partial charge in [0.2, 0.25) is 0 Å². The molecule has 0 radical (unpaired) electrons. The lowest BCUT2D eigenvalue weighted by Gasteiger charge is -2.13. The van der Waals surface area contributed by atoms with Crippen LogP contribution in [0.2, 0.25) is 0 Å². The minimum Gasteiger partial charge on any atom is -0.484 e. The molecule has 0 unspecified atom stereocenters. The molecular weight excluding hydrogens is 271 g/mol. The van der Waals surface area contributed by atoms with E-state index in [0.29, 0.717) is 11.4 Å². The van der Waals surface area contributed by atoms with Crippen LogP contribution in [0.4, 0.5) is 15.8 Å². The third kappa shape index (κ3) is 4.49. The van der Waals surface area contributed by atoms with E-state index >= 15 is 0 Å². The molecule has 5 heteroatoms. The van der Waals surface area contributed by atoms with Gasteiger partial charge in [0.15, 0.2) is 6.61 Å². The summed E-state index contributed by atoms with van der Waals surface area (Å²) in [6, 6.07) is 13.1. The molecule has 110 valence electrons. The zero-order valence-corrected chi connectivity index (χ0v) is 12.0.